The summed E-state index contributed by atoms with van der Waals surface area (Å²) < 4.78 is 1.95. The molecule has 162 valence electrons. The summed E-state index contributed by atoms with van der Waals surface area (Å²) in [6, 6.07) is 12.5. The number of anilines is 1. The fourth-order valence-electron chi connectivity index (χ4n) is 4.42. The number of aryl methyl sites for hydroxylation is 2. The van der Waals surface area contributed by atoms with Gasteiger partial charge in [-0.3, -0.25) is 14.5 Å². The van der Waals surface area contributed by atoms with Gasteiger partial charge in [0.2, 0.25) is 5.91 Å². The van der Waals surface area contributed by atoms with Crippen molar-refractivity contribution < 1.29 is 4.79 Å². The van der Waals surface area contributed by atoms with E-state index in [0.29, 0.717) is 12.5 Å². The Morgan fingerprint density at radius 2 is 2.03 bits per heavy atom. The highest BCUT2D eigenvalue weighted by molar-refractivity contribution is 5.98. The minimum Gasteiger partial charge on any atom is -0.306 e. The van der Waals surface area contributed by atoms with Crippen LogP contribution >= 0.6 is 0 Å². The van der Waals surface area contributed by atoms with E-state index in [2.05, 4.69) is 55.2 Å². The van der Waals surface area contributed by atoms with Crippen LogP contribution in [0.4, 0.5) is 5.69 Å². The maximum absolute atomic E-state index is 13.9. The molecule has 0 spiro atoms. The van der Waals surface area contributed by atoms with E-state index in [1.54, 1.807) is 0 Å². The summed E-state index contributed by atoms with van der Waals surface area (Å²) in [6.45, 7) is 7.79. The van der Waals surface area contributed by atoms with Gasteiger partial charge in [0.15, 0.2) is 0 Å². The van der Waals surface area contributed by atoms with E-state index in [1.165, 1.54) is 11.1 Å². The molecule has 1 aromatic carbocycles. The van der Waals surface area contributed by atoms with Gasteiger partial charge in [0.25, 0.3) is 0 Å². The van der Waals surface area contributed by atoms with Crippen molar-refractivity contribution in [2.45, 2.75) is 71.4 Å². The number of hydrogen-bond acceptors (Lipinski definition) is 3. The molecule has 2 heterocycles. The molecule has 0 N–H and O–H groups in total. The molecule has 0 aliphatic heterocycles. The lowest BCUT2D eigenvalue weighted by atomic mass is 9.82. The van der Waals surface area contributed by atoms with Crippen LogP contribution in [-0.4, -0.2) is 20.7 Å². The summed E-state index contributed by atoms with van der Waals surface area (Å²) >= 11 is 0. The van der Waals surface area contributed by atoms with Crippen LogP contribution in [0.2, 0.25) is 0 Å². The Morgan fingerprint density at radius 3 is 2.77 bits per heavy atom. The standard InChI is InChI=1S/C26H32N4O/c1-4-14-29-17-20(15-28-29)18-30(22-12-13-25(19(2)3)27-16-22)26(31)24-11-7-9-21-8-5-6-10-23(21)24/h5-6,8,10,12-13,15-17,19,24H,4,7,9,11,14,18H2,1-3H3. The van der Waals surface area contributed by atoms with Crippen LogP contribution in [0.3, 0.4) is 0 Å². The number of fused-ring (bicyclic) bond motifs is 1. The predicted octanol–water partition coefficient (Wildman–Crippen LogP) is 5.46. The fraction of sp³-hybridized carbons (Fsp3) is 0.423. The first-order chi connectivity index (χ1) is 15.1. The predicted molar refractivity (Wildman–Crippen MR) is 124 cm³/mol. The molecule has 1 aliphatic carbocycles. The molecule has 31 heavy (non-hydrogen) atoms. The lowest BCUT2D eigenvalue weighted by Gasteiger charge is -2.31. The zero-order valence-electron chi connectivity index (χ0n) is 18.8. The minimum absolute atomic E-state index is 0.111. The SMILES string of the molecule is CCCn1cc(CN(C(=O)C2CCCc3ccccc32)c2ccc(C(C)C)nc2)cn1. The Kier molecular flexibility index (Phi) is 6.50. The first-order valence-corrected chi connectivity index (χ1v) is 11.4. The Hall–Kier alpha value is -2.95. The third-order valence-electron chi connectivity index (χ3n) is 6.09. The first kappa shape index (κ1) is 21.3. The minimum atomic E-state index is -0.111. The van der Waals surface area contributed by atoms with Crippen LogP contribution in [-0.2, 0) is 24.3 Å². The molecule has 1 atom stereocenters. The van der Waals surface area contributed by atoms with Crippen molar-refractivity contribution in [2.75, 3.05) is 4.90 Å². The van der Waals surface area contributed by atoms with Gasteiger partial charge < -0.3 is 4.90 Å². The highest BCUT2D eigenvalue weighted by Crippen LogP contribution is 2.34. The zero-order valence-corrected chi connectivity index (χ0v) is 18.8. The third-order valence-corrected chi connectivity index (χ3v) is 6.09. The summed E-state index contributed by atoms with van der Waals surface area (Å²) in [4.78, 5) is 20.4. The van der Waals surface area contributed by atoms with Crippen LogP contribution in [0.25, 0.3) is 0 Å². The summed E-state index contributed by atoms with van der Waals surface area (Å²) in [5.74, 6) is 0.394. The van der Waals surface area contributed by atoms with Gasteiger partial charge in [-0.1, -0.05) is 45.0 Å². The zero-order chi connectivity index (χ0) is 21.8. The second-order valence-corrected chi connectivity index (χ2v) is 8.78. The van der Waals surface area contributed by atoms with E-state index in [1.807, 2.05) is 40.2 Å². The molecule has 4 rings (SSSR count). The Labute approximate surface area is 185 Å². The first-order valence-electron chi connectivity index (χ1n) is 11.4. The van der Waals surface area contributed by atoms with Gasteiger partial charge in [-0.15, -0.1) is 0 Å². The van der Waals surface area contributed by atoms with Gasteiger partial charge in [0.05, 0.1) is 30.5 Å². The van der Waals surface area contributed by atoms with E-state index in [9.17, 15) is 4.79 Å². The molecule has 0 bridgehead atoms. The molecular weight excluding hydrogens is 384 g/mol. The van der Waals surface area contributed by atoms with Crippen LogP contribution in [0, 0.1) is 0 Å². The number of benzene rings is 1. The quantitative estimate of drug-likeness (QED) is 0.513. The van der Waals surface area contributed by atoms with Gasteiger partial charge in [-0.2, -0.15) is 5.10 Å². The highest BCUT2D eigenvalue weighted by atomic mass is 16.2. The lowest BCUT2D eigenvalue weighted by molar-refractivity contribution is -0.120. The molecule has 2 aromatic heterocycles. The molecule has 1 unspecified atom stereocenters. The number of hydrogen-bond donors (Lipinski definition) is 0. The van der Waals surface area contributed by atoms with Gasteiger partial charge >= 0.3 is 0 Å². The molecule has 0 fully saturated rings. The van der Waals surface area contributed by atoms with Crippen molar-refractivity contribution in [3.8, 4) is 0 Å². The van der Waals surface area contributed by atoms with Crippen molar-refractivity contribution in [1.29, 1.82) is 0 Å². The molecule has 1 amide bonds. The number of carbonyl (C=O) groups is 1. The molecule has 5 nitrogen and oxygen atoms in total. The van der Waals surface area contributed by atoms with E-state index < -0.39 is 0 Å². The average Bonchev–Trinajstić information content (AvgIpc) is 3.24. The van der Waals surface area contributed by atoms with Crippen LogP contribution in [0.1, 0.15) is 74.3 Å². The molecule has 3 aromatic rings. The molecule has 0 saturated heterocycles. The molecular formula is C26H32N4O. The summed E-state index contributed by atoms with van der Waals surface area (Å²) in [7, 11) is 0. The van der Waals surface area contributed by atoms with E-state index in [4.69, 9.17) is 0 Å². The van der Waals surface area contributed by atoms with Crippen LogP contribution < -0.4 is 4.90 Å². The van der Waals surface area contributed by atoms with E-state index >= 15 is 0 Å². The molecule has 1 aliphatic rings. The molecule has 5 heteroatoms. The lowest BCUT2D eigenvalue weighted by Crippen LogP contribution is -2.36. The van der Waals surface area contributed by atoms with Crippen LogP contribution in [0.15, 0.2) is 55.0 Å². The third kappa shape index (κ3) is 4.71. The van der Waals surface area contributed by atoms with Gasteiger partial charge in [-0.25, -0.2) is 0 Å². The number of pyridine rings is 1. The maximum Gasteiger partial charge on any atom is 0.234 e. The Balaban J connectivity index is 1.67. The van der Waals surface area contributed by atoms with Crippen LogP contribution in [0.5, 0.6) is 0 Å². The normalized spacial score (nSPS) is 15.7. The van der Waals surface area contributed by atoms with Gasteiger partial charge in [0, 0.05) is 24.0 Å². The van der Waals surface area contributed by atoms with Crippen molar-refractivity contribution in [3.05, 3.63) is 77.4 Å². The van der Waals surface area contributed by atoms with Crippen molar-refractivity contribution in [1.82, 2.24) is 14.8 Å². The number of amides is 1. The smallest absolute Gasteiger partial charge is 0.234 e. The second-order valence-electron chi connectivity index (χ2n) is 8.78. The molecule has 0 saturated carbocycles. The van der Waals surface area contributed by atoms with E-state index in [-0.39, 0.29) is 11.8 Å². The van der Waals surface area contributed by atoms with Gasteiger partial charge in [0.1, 0.15) is 0 Å². The van der Waals surface area contributed by atoms with Crippen molar-refractivity contribution in [2.24, 2.45) is 0 Å². The Bertz CT molecular complexity index is 1020. The summed E-state index contributed by atoms with van der Waals surface area (Å²) in [5, 5.41) is 4.46. The van der Waals surface area contributed by atoms with Crippen molar-refractivity contribution in [3.63, 3.8) is 0 Å². The number of nitrogens with zero attached hydrogens (tertiary/aromatic N) is 4. The summed E-state index contributed by atoms with van der Waals surface area (Å²) in [6.07, 6.45) is 9.78. The number of rotatable bonds is 7. The topological polar surface area (TPSA) is 51.0 Å². The Morgan fingerprint density at radius 1 is 1.19 bits per heavy atom. The number of aromatic nitrogens is 3. The molecule has 0 radical (unpaired) electrons. The summed E-state index contributed by atoms with van der Waals surface area (Å²) in [5.41, 5.74) is 5.41. The fourth-order valence-corrected chi connectivity index (χ4v) is 4.42. The van der Waals surface area contributed by atoms with Crippen molar-refractivity contribution >= 4 is 11.6 Å². The highest BCUT2D eigenvalue weighted by Gasteiger charge is 2.31. The number of carbonyl (C=O) groups excluding carboxylic acids is 1. The maximum atomic E-state index is 13.9. The monoisotopic (exact) mass is 416 g/mol. The largest absolute Gasteiger partial charge is 0.306 e. The second kappa shape index (κ2) is 9.46. The average molecular weight is 417 g/mol. The van der Waals surface area contributed by atoms with Gasteiger partial charge in [-0.05, 0) is 54.9 Å². The van der Waals surface area contributed by atoms with E-state index in [0.717, 1.165) is 49.2 Å².